The number of benzene rings is 1. The van der Waals surface area contributed by atoms with Crippen molar-refractivity contribution < 1.29 is 9.59 Å². The number of hydrogen-bond acceptors (Lipinski definition) is 3. The van der Waals surface area contributed by atoms with Crippen molar-refractivity contribution in [1.29, 1.82) is 0 Å². The predicted molar refractivity (Wildman–Crippen MR) is 111 cm³/mol. The van der Waals surface area contributed by atoms with E-state index in [0.717, 1.165) is 12.0 Å². The van der Waals surface area contributed by atoms with Crippen molar-refractivity contribution in [2.45, 2.75) is 32.4 Å². The molecule has 148 valence electrons. The molecular formula is C20H22Cl2N4O2. The zero-order chi connectivity index (χ0) is 20.3. The maximum atomic E-state index is 12.9. The van der Waals surface area contributed by atoms with Gasteiger partial charge in [0.25, 0.3) is 0 Å². The van der Waals surface area contributed by atoms with Gasteiger partial charge in [-0.3, -0.25) is 4.79 Å². The molecule has 0 saturated carbocycles. The number of likely N-dealkylation sites (tertiary alicyclic amines) is 1. The number of rotatable bonds is 4. The lowest BCUT2D eigenvalue weighted by Gasteiger charge is -2.28. The van der Waals surface area contributed by atoms with Crippen LogP contribution < -0.4 is 5.32 Å². The Morgan fingerprint density at radius 3 is 2.61 bits per heavy atom. The van der Waals surface area contributed by atoms with Crippen molar-refractivity contribution in [2.24, 2.45) is 0 Å². The molecule has 0 aliphatic carbocycles. The number of aryl methyl sites for hydroxylation is 1. The topological polar surface area (TPSA) is 65.5 Å². The van der Waals surface area contributed by atoms with Gasteiger partial charge in [-0.25, -0.2) is 9.78 Å². The van der Waals surface area contributed by atoms with Gasteiger partial charge in [0.1, 0.15) is 11.2 Å². The molecule has 3 rings (SSSR count). The third-order valence-corrected chi connectivity index (χ3v) is 5.26. The highest BCUT2D eigenvalue weighted by Crippen LogP contribution is 2.23. The molecule has 1 N–H and O–H groups in total. The van der Waals surface area contributed by atoms with Gasteiger partial charge >= 0.3 is 6.03 Å². The quantitative estimate of drug-likeness (QED) is 0.747. The molecule has 1 aromatic heterocycles. The lowest BCUT2D eigenvalue weighted by molar-refractivity contribution is -0.134. The molecule has 1 aromatic carbocycles. The summed E-state index contributed by atoms with van der Waals surface area (Å²) >= 11 is 11.8. The summed E-state index contributed by atoms with van der Waals surface area (Å²) in [7, 11) is 1.75. The first-order chi connectivity index (χ1) is 13.3. The molecule has 1 fully saturated rings. The van der Waals surface area contributed by atoms with Crippen molar-refractivity contribution in [2.75, 3.05) is 18.9 Å². The summed E-state index contributed by atoms with van der Waals surface area (Å²) in [6.07, 6.45) is 1.44. The van der Waals surface area contributed by atoms with Crippen LogP contribution in [-0.4, -0.2) is 46.4 Å². The van der Waals surface area contributed by atoms with E-state index in [1.807, 2.05) is 12.1 Å². The summed E-state index contributed by atoms with van der Waals surface area (Å²) in [4.78, 5) is 33.1. The Labute approximate surface area is 174 Å². The molecule has 2 aromatic rings. The van der Waals surface area contributed by atoms with Crippen LogP contribution in [0.25, 0.3) is 0 Å². The van der Waals surface area contributed by atoms with E-state index >= 15 is 0 Å². The van der Waals surface area contributed by atoms with E-state index in [1.165, 1.54) is 0 Å². The van der Waals surface area contributed by atoms with Crippen LogP contribution in [0.5, 0.6) is 0 Å². The molecule has 28 heavy (non-hydrogen) atoms. The van der Waals surface area contributed by atoms with Gasteiger partial charge in [-0.1, -0.05) is 35.3 Å². The molecular weight excluding hydrogens is 399 g/mol. The van der Waals surface area contributed by atoms with E-state index in [2.05, 4.69) is 10.3 Å². The van der Waals surface area contributed by atoms with E-state index in [1.54, 1.807) is 48.0 Å². The number of carbonyl (C=O) groups excluding carboxylic acids is 2. The predicted octanol–water partition coefficient (Wildman–Crippen LogP) is 4.35. The minimum absolute atomic E-state index is 0.0754. The smallest absolute Gasteiger partial charge is 0.322 e. The molecule has 2 heterocycles. The fraction of sp³-hybridized carbons (Fsp3) is 0.350. The van der Waals surface area contributed by atoms with E-state index in [-0.39, 0.29) is 11.9 Å². The molecule has 3 amide bonds. The van der Waals surface area contributed by atoms with Crippen molar-refractivity contribution in [3.05, 3.63) is 57.8 Å². The first kappa shape index (κ1) is 20.4. The Morgan fingerprint density at radius 2 is 1.93 bits per heavy atom. The van der Waals surface area contributed by atoms with E-state index in [9.17, 15) is 9.59 Å². The maximum absolute atomic E-state index is 12.9. The van der Waals surface area contributed by atoms with Crippen LogP contribution in [-0.2, 0) is 11.3 Å². The minimum Gasteiger partial charge on any atom is -0.340 e. The third-order valence-electron chi connectivity index (χ3n) is 4.80. The van der Waals surface area contributed by atoms with Gasteiger partial charge in [0.2, 0.25) is 5.91 Å². The number of aromatic nitrogens is 1. The van der Waals surface area contributed by atoms with Gasteiger partial charge in [-0.2, -0.15) is 0 Å². The van der Waals surface area contributed by atoms with Crippen LogP contribution in [0.3, 0.4) is 0 Å². The van der Waals surface area contributed by atoms with Crippen molar-refractivity contribution >= 4 is 40.8 Å². The average Bonchev–Trinajstić information content (AvgIpc) is 3.15. The Morgan fingerprint density at radius 1 is 1.21 bits per heavy atom. The Hall–Kier alpha value is -2.31. The molecule has 1 saturated heterocycles. The van der Waals surface area contributed by atoms with Crippen LogP contribution in [0.2, 0.25) is 10.2 Å². The van der Waals surface area contributed by atoms with Gasteiger partial charge in [0, 0.05) is 25.2 Å². The second-order valence-corrected chi connectivity index (χ2v) is 7.69. The summed E-state index contributed by atoms with van der Waals surface area (Å²) in [6, 6.07) is 9.93. The number of amides is 3. The van der Waals surface area contributed by atoms with Gasteiger partial charge in [0.15, 0.2) is 0 Å². The number of urea groups is 1. The number of nitrogens with zero attached hydrogens (tertiary/aromatic N) is 3. The van der Waals surface area contributed by atoms with Crippen molar-refractivity contribution in [1.82, 2.24) is 14.8 Å². The van der Waals surface area contributed by atoms with E-state index < -0.39 is 6.04 Å². The Balaban J connectivity index is 1.66. The molecule has 1 aliphatic rings. The molecule has 8 heteroatoms. The number of likely N-dealkylation sites (N-methyl/N-ethyl adjacent to an activating group) is 1. The van der Waals surface area contributed by atoms with Crippen molar-refractivity contribution in [3.8, 4) is 0 Å². The van der Waals surface area contributed by atoms with Crippen LogP contribution >= 0.6 is 23.2 Å². The molecule has 1 unspecified atom stereocenters. The lowest BCUT2D eigenvalue weighted by Crippen LogP contribution is -2.47. The summed E-state index contributed by atoms with van der Waals surface area (Å²) in [5.74, 6) is -0.0754. The molecule has 0 radical (unpaired) electrons. The van der Waals surface area contributed by atoms with Gasteiger partial charge in [-0.15, -0.1) is 0 Å². The third kappa shape index (κ3) is 4.75. The minimum atomic E-state index is -0.474. The van der Waals surface area contributed by atoms with E-state index in [4.69, 9.17) is 23.2 Å². The molecule has 0 bridgehead atoms. The van der Waals surface area contributed by atoms with Crippen LogP contribution in [0.1, 0.15) is 24.1 Å². The number of halogens is 2. The number of hydrogen-bond donors (Lipinski definition) is 1. The van der Waals surface area contributed by atoms with Crippen LogP contribution in [0.15, 0.2) is 36.4 Å². The number of anilines is 1. The second-order valence-electron chi connectivity index (χ2n) is 6.87. The van der Waals surface area contributed by atoms with Crippen LogP contribution in [0, 0.1) is 6.92 Å². The van der Waals surface area contributed by atoms with Gasteiger partial charge in [0.05, 0.1) is 11.4 Å². The summed E-state index contributed by atoms with van der Waals surface area (Å²) < 4.78 is 0. The maximum Gasteiger partial charge on any atom is 0.322 e. The summed E-state index contributed by atoms with van der Waals surface area (Å²) in [5.41, 5.74) is 2.20. The number of nitrogens with one attached hydrogen (secondary N) is 1. The second kappa shape index (κ2) is 8.80. The van der Waals surface area contributed by atoms with Crippen molar-refractivity contribution in [3.63, 3.8) is 0 Å². The first-order valence-corrected chi connectivity index (χ1v) is 9.81. The summed E-state index contributed by atoms with van der Waals surface area (Å²) in [6.45, 7) is 2.77. The molecule has 1 aliphatic heterocycles. The standard InChI is InChI=1S/C20H22Cl2N4O2/c1-13-16(9-10-18(22)23-13)24-20(28)26-11-3-4-17(26)19(27)25(2)12-14-5-7-15(21)8-6-14/h5-10,17H,3-4,11-12H2,1-2H3,(H,24,28). The number of carbonyl (C=O) groups is 2. The molecule has 0 spiro atoms. The fourth-order valence-electron chi connectivity index (χ4n) is 3.31. The highest BCUT2D eigenvalue weighted by molar-refractivity contribution is 6.30. The van der Waals surface area contributed by atoms with Crippen LogP contribution in [0.4, 0.5) is 10.5 Å². The number of pyridine rings is 1. The highest BCUT2D eigenvalue weighted by atomic mass is 35.5. The van der Waals surface area contributed by atoms with Gasteiger partial charge < -0.3 is 15.1 Å². The normalized spacial score (nSPS) is 16.1. The zero-order valence-corrected chi connectivity index (χ0v) is 17.3. The Bertz CT molecular complexity index is 873. The van der Waals surface area contributed by atoms with E-state index in [0.29, 0.717) is 41.1 Å². The SMILES string of the molecule is Cc1nc(Cl)ccc1NC(=O)N1CCCC1C(=O)N(C)Cc1ccc(Cl)cc1. The summed E-state index contributed by atoms with van der Waals surface area (Å²) in [5, 5.41) is 3.86. The first-order valence-electron chi connectivity index (χ1n) is 9.05. The Kier molecular flexibility index (Phi) is 6.42. The fourth-order valence-corrected chi connectivity index (χ4v) is 3.63. The largest absolute Gasteiger partial charge is 0.340 e. The molecule has 6 nitrogen and oxygen atoms in total. The monoisotopic (exact) mass is 420 g/mol. The highest BCUT2D eigenvalue weighted by Gasteiger charge is 2.35. The lowest BCUT2D eigenvalue weighted by atomic mass is 10.1. The zero-order valence-electron chi connectivity index (χ0n) is 15.8. The average molecular weight is 421 g/mol. The van der Waals surface area contributed by atoms with Gasteiger partial charge in [-0.05, 0) is 49.6 Å². The molecule has 1 atom stereocenters.